The number of carboxylic acid groups (broad SMARTS) is 1. The molecule has 3 rings (SSSR count). The van der Waals surface area contributed by atoms with Crippen molar-refractivity contribution in [1.29, 1.82) is 0 Å². The number of aliphatic hydroxyl groups is 2. The van der Waals surface area contributed by atoms with Crippen molar-refractivity contribution in [3.05, 3.63) is 53.6 Å². The van der Waals surface area contributed by atoms with Gasteiger partial charge in [0.05, 0.1) is 31.0 Å². The molecule has 5 atom stereocenters. The second-order valence-electron chi connectivity index (χ2n) is 16.4. The number of halogens is 1. The zero-order valence-electron chi connectivity index (χ0n) is 34.4. The number of allylic oxidation sites excluding steroid dienone is 2. The maximum atomic E-state index is 12.5. The van der Waals surface area contributed by atoms with Gasteiger partial charge in [0.15, 0.2) is 0 Å². The average Bonchev–Trinajstić information content (AvgIpc) is 3.42. The highest BCUT2D eigenvalue weighted by atomic mass is 35.5. The van der Waals surface area contributed by atoms with Gasteiger partial charge >= 0.3 is 11.9 Å². The van der Waals surface area contributed by atoms with Crippen LogP contribution >= 0.6 is 11.6 Å². The van der Waals surface area contributed by atoms with E-state index < -0.39 is 12.1 Å². The first-order chi connectivity index (χ1) is 26.7. The van der Waals surface area contributed by atoms with Crippen molar-refractivity contribution in [1.82, 2.24) is 0 Å². The van der Waals surface area contributed by atoms with Crippen molar-refractivity contribution in [2.45, 2.75) is 192 Å². The van der Waals surface area contributed by atoms with Gasteiger partial charge in [-0.15, -0.1) is 11.6 Å². The molecule has 1 aromatic carbocycles. The number of benzene rings is 1. The largest absolute Gasteiger partial charge is 0.493 e. The van der Waals surface area contributed by atoms with E-state index in [1.54, 1.807) is 18.2 Å². The molecule has 312 valence electrons. The van der Waals surface area contributed by atoms with Crippen LogP contribution in [0.25, 0.3) is 0 Å². The van der Waals surface area contributed by atoms with Crippen molar-refractivity contribution in [3.8, 4) is 5.75 Å². The minimum absolute atomic E-state index is 0.0328. The lowest BCUT2D eigenvalue weighted by molar-refractivity contribution is -0.143. The minimum Gasteiger partial charge on any atom is -0.493 e. The first kappa shape index (κ1) is 47.0. The fourth-order valence-corrected chi connectivity index (χ4v) is 9.00. The number of aromatic carboxylic acids is 1. The molecule has 0 aromatic heterocycles. The summed E-state index contributed by atoms with van der Waals surface area (Å²) < 4.78 is 11.6. The van der Waals surface area contributed by atoms with Crippen molar-refractivity contribution in [2.24, 2.45) is 17.3 Å². The number of hydrogen-bond acceptors (Lipinski definition) is 6. The Bertz CT molecular complexity index is 1270. The molecule has 0 amide bonds. The molecule has 3 N–H and O–H groups in total. The minimum atomic E-state index is -1.02. The molecule has 1 aromatic rings. The van der Waals surface area contributed by atoms with E-state index in [1.165, 1.54) is 83.5 Å². The van der Waals surface area contributed by atoms with Gasteiger partial charge in [-0.05, 0) is 81.3 Å². The van der Waals surface area contributed by atoms with Crippen LogP contribution < -0.4 is 4.74 Å². The zero-order chi connectivity index (χ0) is 39.7. The molecule has 0 unspecified atom stereocenters. The van der Waals surface area contributed by atoms with Crippen LogP contribution in [0.4, 0.5) is 0 Å². The maximum absolute atomic E-state index is 12.5. The second kappa shape index (κ2) is 27.3. The lowest BCUT2D eigenvalue weighted by atomic mass is 9.63. The van der Waals surface area contributed by atoms with E-state index in [2.05, 4.69) is 32.1 Å². The standard InChI is InChI=1S/C47H75ClO7/c1-3-5-6-7-8-9-10-11-12-13-14-15-18-21-34-54-43-28-22-27-40(46(52)53)39(43)31-35-55-45(51)30-20-17-16-19-25-37-38(42(49)36-41(37)48)26-23-29-44(50)47(4-2)32-24-33-47/h16,19,22-23,26-28,37-38,41-42,44,49-50H,3-15,17-18,20-21,24-25,29-36H2,1-2H3,(H,52,53)/b19-16-,26-23+/t37-,38-,41-,42-,44+/m1/s1. The van der Waals surface area contributed by atoms with Crippen LogP contribution in [0.15, 0.2) is 42.5 Å². The Morgan fingerprint density at radius 3 is 2.15 bits per heavy atom. The van der Waals surface area contributed by atoms with Crippen LogP contribution in [0.2, 0.25) is 0 Å². The summed E-state index contributed by atoms with van der Waals surface area (Å²) in [5.74, 6) is -0.673. The molecular weight excluding hydrogens is 712 g/mol. The number of carbonyl (C=O) groups excluding carboxylic acids is 1. The molecule has 0 radical (unpaired) electrons. The van der Waals surface area contributed by atoms with Crippen LogP contribution in [0, 0.1) is 17.3 Å². The molecule has 2 saturated carbocycles. The highest BCUT2D eigenvalue weighted by molar-refractivity contribution is 6.21. The van der Waals surface area contributed by atoms with Gasteiger partial charge in [0, 0.05) is 29.7 Å². The summed E-state index contributed by atoms with van der Waals surface area (Å²) in [5.41, 5.74) is 0.818. The van der Waals surface area contributed by atoms with Crippen LogP contribution in [0.3, 0.4) is 0 Å². The summed E-state index contributed by atoms with van der Waals surface area (Å²) in [4.78, 5) is 24.5. The fraction of sp³-hybridized carbons (Fsp3) is 0.745. The van der Waals surface area contributed by atoms with Crippen LogP contribution in [0.1, 0.15) is 184 Å². The van der Waals surface area contributed by atoms with Crippen molar-refractivity contribution in [2.75, 3.05) is 13.2 Å². The lowest BCUT2D eigenvalue weighted by Gasteiger charge is -2.45. The molecule has 8 heteroatoms. The van der Waals surface area contributed by atoms with Crippen molar-refractivity contribution >= 4 is 23.5 Å². The highest BCUT2D eigenvalue weighted by Crippen LogP contribution is 2.48. The van der Waals surface area contributed by atoms with Crippen LogP contribution in [-0.2, 0) is 16.0 Å². The fourth-order valence-electron chi connectivity index (χ4n) is 8.55. The molecule has 0 spiro atoms. The SMILES string of the molecule is CCCCCCCCCCCCCCCCOc1cccc(C(=O)O)c1CCOC(=O)CCC/C=C\C[C@@H]1[C@@H](/C=C/C[C@H](O)C2(CC)CCC2)[C@H](O)C[C@H]1Cl. The molecular formula is C47H75ClO7. The predicted molar refractivity (Wildman–Crippen MR) is 225 cm³/mol. The molecule has 7 nitrogen and oxygen atoms in total. The Hall–Kier alpha value is -2.35. The van der Waals surface area contributed by atoms with E-state index in [0.29, 0.717) is 37.2 Å². The van der Waals surface area contributed by atoms with Crippen LogP contribution in [-0.4, -0.2) is 58.1 Å². The van der Waals surface area contributed by atoms with E-state index >= 15 is 0 Å². The maximum Gasteiger partial charge on any atom is 0.336 e. The Kier molecular flexibility index (Phi) is 23.4. The number of carbonyl (C=O) groups is 2. The van der Waals surface area contributed by atoms with E-state index in [1.807, 2.05) is 6.08 Å². The van der Waals surface area contributed by atoms with Gasteiger partial charge in [-0.25, -0.2) is 4.79 Å². The van der Waals surface area contributed by atoms with E-state index in [-0.39, 0.29) is 59.7 Å². The third-order valence-electron chi connectivity index (χ3n) is 12.4. The molecule has 55 heavy (non-hydrogen) atoms. The first-order valence-corrected chi connectivity index (χ1v) is 22.6. The number of carboxylic acids is 1. The molecule has 0 saturated heterocycles. The van der Waals surface area contributed by atoms with E-state index in [4.69, 9.17) is 21.1 Å². The zero-order valence-corrected chi connectivity index (χ0v) is 35.1. The molecule has 0 aliphatic heterocycles. The Labute approximate surface area is 338 Å². The molecule has 0 bridgehead atoms. The Morgan fingerprint density at radius 2 is 1.55 bits per heavy atom. The van der Waals surface area contributed by atoms with E-state index in [9.17, 15) is 24.9 Å². The lowest BCUT2D eigenvalue weighted by Crippen LogP contribution is -2.40. The number of esters is 1. The topological polar surface area (TPSA) is 113 Å². The average molecular weight is 788 g/mol. The van der Waals surface area contributed by atoms with Gasteiger partial charge in [0.25, 0.3) is 0 Å². The highest BCUT2D eigenvalue weighted by Gasteiger charge is 2.42. The second-order valence-corrected chi connectivity index (χ2v) is 17.0. The quantitative estimate of drug-likeness (QED) is 0.0297. The summed E-state index contributed by atoms with van der Waals surface area (Å²) in [5, 5.41) is 31.1. The number of alkyl halides is 1. The number of rotatable bonds is 31. The first-order valence-electron chi connectivity index (χ1n) is 22.2. The summed E-state index contributed by atoms with van der Waals surface area (Å²) in [6.07, 6.45) is 33.7. The van der Waals surface area contributed by atoms with Gasteiger partial charge in [-0.1, -0.05) is 134 Å². The third-order valence-corrected chi connectivity index (χ3v) is 12.9. The van der Waals surface area contributed by atoms with Gasteiger partial charge < -0.3 is 24.8 Å². The number of aliphatic hydroxyl groups excluding tert-OH is 2. The van der Waals surface area contributed by atoms with Crippen molar-refractivity contribution < 1.29 is 34.4 Å². The van der Waals surface area contributed by atoms with E-state index in [0.717, 1.165) is 44.9 Å². The van der Waals surface area contributed by atoms with Gasteiger partial charge in [0.2, 0.25) is 0 Å². The monoisotopic (exact) mass is 787 g/mol. The molecule has 0 heterocycles. The number of unbranched alkanes of at least 4 members (excludes halogenated alkanes) is 14. The molecule has 2 aliphatic rings. The number of hydrogen-bond donors (Lipinski definition) is 3. The molecule has 2 fully saturated rings. The van der Waals surface area contributed by atoms with Crippen molar-refractivity contribution in [3.63, 3.8) is 0 Å². The van der Waals surface area contributed by atoms with Gasteiger partial charge in [-0.3, -0.25) is 4.79 Å². The smallest absolute Gasteiger partial charge is 0.336 e. The normalized spacial score (nSPS) is 21.3. The number of ether oxygens (including phenoxy) is 2. The van der Waals surface area contributed by atoms with Gasteiger partial charge in [0.1, 0.15) is 5.75 Å². The summed E-state index contributed by atoms with van der Waals surface area (Å²) >= 11 is 6.65. The Morgan fingerprint density at radius 1 is 0.891 bits per heavy atom. The third kappa shape index (κ3) is 17.0. The molecule has 2 aliphatic carbocycles. The van der Waals surface area contributed by atoms with Crippen LogP contribution in [0.5, 0.6) is 5.75 Å². The predicted octanol–water partition coefficient (Wildman–Crippen LogP) is 11.9. The summed E-state index contributed by atoms with van der Waals surface area (Å²) in [6.45, 7) is 5.06. The summed E-state index contributed by atoms with van der Waals surface area (Å²) in [6, 6.07) is 5.08. The van der Waals surface area contributed by atoms with Gasteiger partial charge in [-0.2, -0.15) is 0 Å². The summed E-state index contributed by atoms with van der Waals surface area (Å²) in [7, 11) is 0. The Balaban J connectivity index is 1.29.